The number of hydrogen-bond donors (Lipinski definition) is 1. The largest absolute Gasteiger partial charge is 0.395 e. The van der Waals surface area contributed by atoms with Crippen molar-refractivity contribution in [2.24, 2.45) is 7.05 Å². The number of hydrogen-bond acceptors (Lipinski definition) is 4. The van der Waals surface area contributed by atoms with Gasteiger partial charge in [-0.25, -0.2) is 4.98 Å². The summed E-state index contributed by atoms with van der Waals surface area (Å²) in [5, 5.41) is 9.43. The summed E-state index contributed by atoms with van der Waals surface area (Å²) in [6, 6.07) is 5.95. The second-order valence-electron chi connectivity index (χ2n) is 6.49. The van der Waals surface area contributed by atoms with Crippen LogP contribution in [0.5, 0.6) is 0 Å². The van der Waals surface area contributed by atoms with Gasteiger partial charge in [0.1, 0.15) is 5.82 Å². The minimum atomic E-state index is 0.0666. The standard InChI is InChI=1S/C18H26N4O2/c1-4-15(12-23)21-7-9-22(10-8-21)18(24)14-5-6-17-16(11-14)19-13(2)20(17)3/h5-6,11,15,23H,4,7-10,12H2,1-3H3. The van der Waals surface area contributed by atoms with Crippen LogP contribution < -0.4 is 0 Å². The molecule has 6 nitrogen and oxygen atoms in total. The molecule has 0 aliphatic carbocycles. The Kier molecular flexibility index (Phi) is 4.87. The second kappa shape index (κ2) is 6.91. The van der Waals surface area contributed by atoms with Crippen LogP contribution in [0.3, 0.4) is 0 Å². The van der Waals surface area contributed by atoms with E-state index in [0.717, 1.165) is 36.4 Å². The first kappa shape index (κ1) is 16.9. The van der Waals surface area contributed by atoms with E-state index in [4.69, 9.17) is 0 Å². The number of aromatic nitrogens is 2. The molecular formula is C18H26N4O2. The summed E-state index contributed by atoms with van der Waals surface area (Å²) in [7, 11) is 1.98. The lowest BCUT2D eigenvalue weighted by Crippen LogP contribution is -2.52. The minimum absolute atomic E-state index is 0.0666. The van der Waals surface area contributed by atoms with Crippen molar-refractivity contribution >= 4 is 16.9 Å². The van der Waals surface area contributed by atoms with Gasteiger partial charge < -0.3 is 14.6 Å². The van der Waals surface area contributed by atoms with Gasteiger partial charge in [0, 0.05) is 44.8 Å². The predicted octanol–water partition coefficient (Wildman–Crippen LogP) is 1.41. The van der Waals surface area contributed by atoms with E-state index in [9.17, 15) is 9.90 Å². The lowest BCUT2D eigenvalue weighted by atomic mass is 10.1. The molecule has 1 saturated heterocycles. The zero-order valence-corrected chi connectivity index (χ0v) is 14.7. The van der Waals surface area contributed by atoms with Crippen LogP contribution in [0.25, 0.3) is 11.0 Å². The molecule has 1 aromatic carbocycles. The van der Waals surface area contributed by atoms with Gasteiger partial charge in [-0.15, -0.1) is 0 Å². The minimum Gasteiger partial charge on any atom is -0.395 e. The van der Waals surface area contributed by atoms with E-state index in [0.29, 0.717) is 18.7 Å². The maximum Gasteiger partial charge on any atom is 0.254 e. The van der Waals surface area contributed by atoms with Gasteiger partial charge in [0.2, 0.25) is 0 Å². The highest BCUT2D eigenvalue weighted by Gasteiger charge is 2.25. The van der Waals surface area contributed by atoms with E-state index in [2.05, 4.69) is 16.8 Å². The average Bonchev–Trinajstić information content (AvgIpc) is 2.90. The van der Waals surface area contributed by atoms with Crippen LogP contribution in [0, 0.1) is 6.92 Å². The molecule has 1 aliphatic heterocycles. The Bertz CT molecular complexity index is 728. The van der Waals surface area contributed by atoms with E-state index in [1.807, 2.05) is 41.6 Å². The predicted molar refractivity (Wildman–Crippen MR) is 94.1 cm³/mol. The molecule has 3 rings (SSSR count). The highest BCUT2D eigenvalue weighted by molar-refractivity contribution is 5.97. The van der Waals surface area contributed by atoms with Crippen LogP contribution in [0.2, 0.25) is 0 Å². The number of carbonyl (C=O) groups excluding carboxylic acids is 1. The van der Waals surface area contributed by atoms with Crippen molar-refractivity contribution < 1.29 is 9.90 Å². The van der Waals surface area contributed by atoms with Gasteiger partial charge >= 0.3 is 0 Å². The molecule has 1 atom stereocenters. The quantitative estimate of drug-likeness (QED) is 0.921. The van der Waals surface area contributed by atoms with Crippen molar-refractivity contribution in [2.75, 3.05) is 32.8 Å². The van der Waals surface area contributed by atoms with Gasteiger partial charge in [-0.1, -0.05) is 6.92 Å². The van der Waals surface area contributed by atoms with Crippen molar-refractivity contribution in [3.63, 3.8) is 0 Å². The molecule has 0 saturated carbocycles. The third-order valence-corrected chi connectivity index (χ3v) is 5.15. The summed E-state index contributed by atoms with van der Waals surface area (Å²) in [5.74, 6) is 1.01. The first-order chi connectivity index (χ1) is 11.5. The van der Waals surface area contributed by atoms with Crippen LogP contribution in [0.15, 0.2) is 18.2 Å². The zero-order chi connectivity index (χ0) is 17.3. The lowest BCUT2D eigenvalue weighted by molar-refractivity contribution is 0.0472. The summed E-state index contributed by atoms with van der Waals surface area (Å²) < 4.78 is 2.03. The molecule has 6 heteroatoms. The molecule has 0 spiro atoms. The van der Waals surface area contributed by atoms with Crippen LogP contribution in [-0.2, 0) is 7.05 Å². The first-order valence-corrected chi connectivity index (χ1v) is 8.62. The number of aliphatic hydroxyl groups is 1. The average molecular weight is 330 g/mol. The molecule has 2 aromatic rings. The van der Waals surface area contributed by atoms with Crippen molar-refractivity contribution in [2.45, 2.75) is 26.3 Å². The number of imidazole rings is 1. The number of nitrogens with zero attached hydrogens (tertiary/aromatic N) is 4. The second-order valence-corrected chi connectivity index (χ2v) is 6.49. The van der Waals surface area contributed by atoms with Crippen molar-refractivity contribution in [1.82, 2.24) is 19.4 Å². The number of aliphatic hydroxyl groups excluding tert-OH is 1. The fourth-order valence-electron chi connectivity index (χ4n) is 3.43. The van der Waals surface area contributed by atoms with Gasteiger partial charge in [-0.05, 0) is 31.5 Å². The Hall–Kier alpha value is -1.92. The van der Waals surface area contributed by atoms with Crippen molar-refractivity contribution in [3.05, 3.63) is 29.6 Å². The third kappa shape index (κ3) is 3.03. The molecule has 1 aliphatic rings. The van der Waals surface area contributed by atoms with Gasteiger partial charge in [-0.2, -0.15) is 0 Å². The number of fused-ring (bicyclic) bond motifs is 1. The fourth-order valence-corrected chi connectivity index (χ4v) is 3.43. The number of amides is 1. The number of aryl methyl sites for hydroxylation is 2. The maximum atomic E-state index is 12.8. The van der Waals surface area contributed by atoms with Crippen LogP contribution in [0.4, 0.5) is 0 Å². The van der Waals surface area contributed by atoms with E-state index < -0.39 is 0 Å². The molecule has 0 bridgehead atoms. The van der Waals surface area contributed by atoms with Gasteiger partial charge in [0.25, 0.3) is 5.91 Å². The monoisotopic (exact) mass is 330 g/mol. The summed E-state index contributed by atoms with van der Waals surface area (Å²) >= 11 is 0. The molecule has 1 N–H and O–H groups in total. The summed E-state index contributed by atoms with van der Waals surface area (Å²) in [6.45, 7) is 7.27. The van der Waals surface area contributed by atoms with E-state index in [1.165, 1.54) is 0 Å². The smallest absolute Gasteiger partial charge is 0.254 e. The highest BCUT2D eigenvalue weighted by atomic mass is 16.3. The van der Waals surface area contributed by atoms with E-state index in [1.54, 1.807) is 0 Å². The molecule has 2 heterocycles. The number of piperazine rings is 1. The van der Waals surface area contributed by atoms with E-state index in [-0.39, 0.29) is 18.6 Å². The number of carbonyl (C=O) groups is 1. The fraction of sp³-hybridized carbons (Fsp3) is 0.556. The van der Waals surface area contributed by atoms with Crippen LogP contribution in [-0.4, -0.2) is 69.2 Å². The van der Waals surface area contributed by atoms with Gasteiger partial charge in [-0.3, -0.25) is 9.69 Å². The molecule has 1 unspecified atom stereocenters. The number of rotatable bonds is 4. The Morgan fingerprint density at radius 1 is 1.29 bits per heavy atom. The van der Waals surface area contributed by atoms with Crippen molar-refractivity contribution in [1.29, 1.82) is 0 Å². The molecular weight excluding hydrogens is 304 g/mol. The Balaban J connectivity index is 1.71. The van der Waals surface area contributed by atoms with E-state index >= 15 is 0 Å². The van der Waals surface area contributed by atoms with Gasteiger partial charge in [0.05, 0.1) is 17.6 Å². The SMILES string of the molecule is CCC(CO)N1CCN(C(=O)c2ccc3c(c2)nc(C)n3C)CC1. The summed E-state index contributed by atoms with van der Waals surface area (Å²) in [5.41, 5.74) is 2.61. The lowest BCUT2D eigenvalue weighted by Gasteiger charge is -2.38. The van der Waals surface area contributed by atoms with Gasteiger partial charge in [0.15, 0.2) is 0 Å². The number of benzene rings is 1. The van der Waals surface area contributed by atoms with Crippen LogP contribution in [0.1, 0.15) is 29.5 Å². The van der Waals surface area contributed by atoms with Crippen LogP contribution >= 0.6 is 0 Å². The van der Waals surface area contributed by atoms with Crippen molar-refractivity contribution in [3.8, 4) is 0 Å². The highest BCUT2D eigenvalue weighted by Crippen LogP contribution is 2.18. The Labute approximate surface area is 142 Å². The third-order valence-electron chi connectivity index (χ3n) is 5.15. The molecule has 1 aromatic heterocycles. The molecule has 24 heavy (non-hydrogen) atoms. The maximum absolute atomic E-state index is 12.8. The zero-order valence-electron chi connectivity index (χ0n) is 14.7. The molecule has 1 amide bonds. The first-order valence-electron chi connectivity index (χ1n) is 8.62. The molecule has 1 fully saturated rings. The Morgan fingerprint density at radius 2 is 2.00 bits per heavy atom. The summed E-state index contributed by atoms with van der Waals surface area (Å²) in [4.78, 5) is 21.5. The normalized spacial score (nSPS) is 17.4. The summed E-state index contributed by atoms with van der Waals surface area (Å²) in [6.07, 6.45) is 0.931. The Morgan fingerprint density at radius 3 is 2.62 bits per heavy atom. The topological polar surface area (TPSA) is 61.6 Å². The molecule has 0 radical (unpaired) electrons. The molecule has 130 valence electrons.